The summed E-state index contributed by atoms with van der Waals surface area (Å²) >= 11 is 3.18. The fourth-order valence-electron chi connectivity index (χ4n) is 2.31. The maximum atomic E-state index is 10.7. The van der Waals surface area contributed by atoms with Crippen LogP contribution in [0.4, 0.5) is 5.69 Å². The molecule has 0 aliphatic carbocycles. The first-order chi connectivity index (χ1) is 12.0. The summed E-state index contributed by atoms with van der Waals surface area (Å²) in [4.78, 5) is 11.6. The summed E-state index contributed by atoms with van der Waals surface area (Å²) in [6.45, 7) is 7.14. The van der Waals surface area contributed by atoms with E-state index in [0.29, 0.717) is 11.8 Å². The van der Waals surface area contributed by atoms with E-state index in [4.69, 9.17) is 0 Å². The molecule has 0 aliphatic rings. The predicted octanol–water partition coefficient (Wildman–Crippen LogP) is 4.00. The molecule has 0 N–H and O–H groups in total. The third kappa shape index (κ3) is 3.74. The number of hydrogen-bond acceptors (Lipinski definition) is 7. The van der Waals surface area contributed by atoms with Crippen molar-refractivity contribution >= 4 is 28.8 Å². The lowest BCUT2D eigenvalue weighted by Crippen LogP contribution is -2.01. The number of hydrogen-bond donors (Lipinski definition) is 0. The van der Waals surface area contributed by atoms with Gasteiger partial charge in [-0.1, -0.05) is 25.6 Å². The minimum Gasteiger partial charge on any atom is -0.302 e. The minimum absolute atomic E-state index is 0.0160. The molecule has 0 saturated carbocycles. The average Bonchev–Trinajstić information content (AvgIpc) is 3.30. The Morgan fingerprint density at radius 1 is 1.40 bits per heavy atom. The summed E-state index contributed by atoms with van der Waals surface area (Å²) < 4.78 is 3.58. The first-order valence-electron chi connectivity index (χ1n) is 7.81. The number of thioether (sulfide) groups is 1. The SMILES string of the molecule is CCn1c(SCn2cc([N+](=O)[O-])cn2)nnc1-c1csc(C(C)C)c1. The smallest absolute Gasteiger partial charge is 0.302 e. The van der Waals surface area contributed by atoms with Crippen molar-refractivity contribution in [2.45, 2.75) is 44.3 Å². The van der Waals surface area contributed by atoms with Gasteiger partial charge in [-0.2, -0.15) is 5.10 Å². The second-order valence-corrected chi connectivity index (χ2v) is 7.57. The maximum Gasteiger partial charge on any atom is 0.307 e. The monoisotopic (exact) mass is 378 g/mol. The zero-order valence-corrected chi connectivity index (χ0v) is 15.8. The molecule has 0 spiro atoms. The Kier molecular flexibility index (Phi) is 5.19. The zero-order valence-electron chi connectivity index (χ0n) is 14.1. The zero-order chi connectivity index (χ0) is 18.0. The van der Waals surface area contributed by atoms with Crippen LogP contribution in [0.2, 0.25) is 0 Å². The van der Waals surface area contributed by atoms with Crippen molar-refractivity contribution in [1.82, 2.24) is 24.5 Å². The topological polar surface area (TPSA) is 91.7 Å². The van der Waals surface area contributed by atoms with Gasteiger partial charge in [0.2, 0.25) is 0 Å². The third-order valence-electron chi connectivity index (χ3n) is 3.64. The van der Waals surface area contributed by atoms with Gasteiger partial charge in [-0.3, -0.25) is 14.8 Å². The van der Waals surface area contributed by atoms with Crippen molar-refractivity contribution < 1.29 is 4.92 Å². The number of nitro groups is 1. The second kappa shape index (κ2) is 7.36. The standard InChI is InChI=1S/C15H18N6O2S2/c1-4-20-14(11-5-13(10(2)3)24-8-11)17-18-15(20)25-9-19-7-12(6-16-19)21(22)23/h5-8,10H,4,9H2,1-3H3. The maximum absolute atomic E-state index is 10.7. The summed E-state index contributed by atoms with van der Waals surface area (Å²) in [6, 6.07) is 2.16. The Hall–Kier alpha value is -2.20. The van der Waals surface area contributed by atoms with Gasteiger partial charge >= 0.3 is 5.69 Å². The van der Waals surface area contributed by atoms with E-state index in [1.54, 1.807) is 11.3 Å². The van der Waals surface area contributed by atoms with Crippen LogP contribution in [0, 0.1) is 10.1 Å². The highest BCUT2D eigenvalue weighted by Gasteiger charge is 2.16. The van der Waals surface area contributed by atoms with Crippen molar-refractivity contribution in [3.8, 4) is 11.4 Å². The van der Waals surface area contributed by atoms with E-state index in [0.717, 1.165) is 23.1 Å². The summed E-state index contributed by atoms with van der Waals surface area (Å²) in [5, 5.41) is 26.2. The lowest BCUT2D eigenvalue weighted by molar-refractivity contribution is -0.385. The first-order valence-corrected chi connectivity index (χ1v) is 9.67. The Balaban J connectivity index is 1.78. The van der Waals surface area contributed by atoms with Gasteiger partial charge in [0.05, 0.1) is 10.8 Å². The molecule has 0 radical (unpaired) electrons. The Morgan fingerprint density at radius 2 is 2.20 bits per heavy atom. The van der Waals surface area contributed by atoms with Crippen molar-refractivity contribution in [3.63, 3.8) is 0 Å². The molecular weight excluding hydrogens is 360 g/mol. The lowest BCUT2D eigenvalue weighted by Gasteiger charge is -2.06. The summed E-state index contributed by atoms with van der Waals surface area (Å²) in [5.41, 5.74) is 1.06. The Morgan fingerprint density at radius 3 is 2.80 bits per heavy atom. The van der Waals surface area contributed by atoms with Crippen LogP contribution < -0.4 is 0 Å². The van der Waals surface area contributed by atoms with Crippen molar-refractivity contribution in [2.24, 2.45) is 0 Å². The lowest BCUT2D eigenvalue weighted by atomic mass is 10.1. The highest BCUT2D eigenvalue weighted by Crippen LogP contribution is 2.31. The van der Waals surface area contributed by atoms with Gasteiger partial charge in [0.1, 0.15) is 12.4 Å². The highest BCUT2D eigenvalue weighted by atomic mass is 32.2. The molecule has 0 amide bonds. The van der Waals surface area contributed by atoms with Crippen LogP contribution in [0.15, 0.2) is 29.0 Å². The molecule has 0 fully saturated rings. The molecule has 132 valence electrons. The fraction of sp³-hybridized carbons (Fsp3) is 0.400. The fourth-order valence-corrected chi connectivity index (χ4v) is 4.07. The number of nitrogens with zero attached hydrogens (tertiary/aromatic N) is 6. The predicted molar refractivity (Wildman–Crippen MR) is 97.8 cm³/mol. The van der Waals surface area contributed by atoms with E-state index < -0.39 is 4.92 Å². The number of rotatable bonds is 7. The molecular formula is C15H18N6O2S2. The van der Waals surface area contributed by atoms with Crippen LogP contribution in [0.5, 0.6) is 0 Å². The first kappa shape index (κ1) is 17.6. The van der Waals surface area contributed by atoms with E-state index >= 15 is 0 Å². The molecule has 0 saturated heterocycles. The average molecular weight is 378 g/mol. The van der Waals surface area contributed by atoms with Crippen LogP contribution in [-0.4, -0.2) is 29.5 Å². The largest absolute Gasteiger partial charge is 0.307 e. The van der Waals surface area contributed by atoms with E-state index in [1.165, 1.54) is 33.7 Å². The molecule has 3 aromatic rings. The molecule has 3 heterocycles. The van der Waals surface area contributed by atoms with E-state index in [2.05, 4.69) is 45.2 Å². The van der Waals surface area contributed by atoms with Gasteiger partial charge in [-0.15, -0.1) is 21.5 Å². The van der Waals surface area contributed by atoms with Crippen LogP contribution in [-0.2, 0) is 12.4 Å². The summed E-state index contributed by atoms with van der Waals surface area (Å²) in [7, 11) is 0. The van der Waals surface area contributed by atoms with Gasteiger partial charge in [0, 0.05) is 22.4 Å². The molecule has 0 aromatic carbocycles. The number of thiophene rings is 1. The van der Waals surface area contributed by atoms with Gasteiger partial charge < -0.3 is 4.57 Å². The Bertz CT molecular complexity index is 882. The van der Waals surface area contributed by atoms with Crippen molar-refractivity contribution in [2.75, 3.05) is 0 Å². The van der Waals surface area contributed by atoms with Crippen LogP contribution in [0.3, 0.4) is 0 Å². The molecule has 3 rings (SSSR count). The third-order valence-corrected chi connectivity index (χ3v) is 5.82. The van der Waals surface area contributed by atoms with Gasteiger partial charge in [-0.25, -0.2) is 0 Å². The van der Waals surface area contributed by atoms with E-state index in [-0.39, 0.29) is 5.69 Å². The summed E-state index contributed by atoms with van der Waals surface area (Å²) in [6.07, 6.45) is 2.66. The Labute approximate surface area is 153 Å². The van der Waals surface area contributed by atoms with Crippen LogP contribution in [0.1, 0.15) is 31.6 Å². The molecule has 0 unspecified atom stereocenters. The molecule has 8 nitrogen and oxygen atoms in total. The van der Waals surface area contributed by atoms with E-state index in [9.17, 15) is 10.1 Å². The van der Waals surface area contributed by atoms with Crippen molar-refractivity contribution in [1.29, 1.82) is 0 Å². The quantitative estimate of drug-likeness (QED) is 0.350. The minimum atomic E-state index is -0.455. The summed E-state index contributed by atoms with van der Waals surface area (Å²) in [5.74, 6) is 1.77. The molecule has 0 bridgehead atoms. The molecule has 10 heteroatoms. The molecule has 25 heavy (non-hydrogen) atoms. The van der Waals surface area contributed by atoms with Gasteiger partial charge in [-0.05, 0) is 18.9 Å². The van der Waals surface area contributed by atoms with Gasteiger partial charge in [0.25, 0.3) is 0 Å². The van der Waals surface area contributed by atoms with Gasteiger partial charge in [0.15, 0.2) is 11.0 Å². The molecule has 0 atom stereocenters. The van der Waals surface area contributed by atoms with E-state index in [1.807, 2.05) is 6.92 Å². The van der Waals surface area contributed by atoms with Crippen LogP contribution >= 0.6 is 23.1 Å². The highest BCUT2D eigenvalue weighted by molar-refractivity contribution is 7.98. The van der Waals surface area contributed by atoms with Crippen LogP contribution in [0.25, 0.3) is 11.4 Å². The second-order valence-electron chi connectivity index (χ2n) is 5.71. The molecule has 3 aromatic heterocycles. The van der Waals surface area contributed by atoms with Crippen molar-refractivity contribution in [3.05, 3.63) is 38.8 Å². The number of aromatic nitrogens is 5. The normalized spacial score (nSPS) is 11.4. The molecule has 0 aliphatic heterocycles.